The lowest BCUT2D eigenvalue weighted by atomic mass is 10.1. The molecule has 0 radical (unpaired) electrons. The van der Waals surface area contributed by atoms with E-state index in [9.17, 15) is 4.79 Å². The van der Waals surface area contributed by atoms with E-state index in [2.05, 4.69) is 42.8 Å². The Labute approximate surface area is 199 Å². The third kappa shape index (κ3) is 4.20. The van der Waals surface area contributed by atoms with Crippen LogP contribution >= 0.6 is 0 Å². The molecule has 34 heavy (non-hydrogen) atoms. The first kappa shape index (κ1) is 21.9. The van der Waals surface area contributed by atoms with E-state index in [1.807, 2.05) is 49.8 Å². The molecule has 1 saturated heterocycles. The molecule has 0 aliphatic carbocycles. The number of rotatable bonds is 6. The zero-order valence-electron chi connectivity index (χ0n) is 19.5. The van der Waals surface area contributed by atoms with Crippen LogP contribution in [0.2, 0.25) is 0 Å². The first-order valence-corrected chi connectivity index (χ1v) is 11.5. The summed E-state index contributed by atoms with van der Waals surface area (Å²) in [6, 6.07) is 15.9. The van der Waals surface area contributed by atoms with Crippen LogP contribution in [-0.4, -0.2) is 58.6 Å². The van der Waals surface area contributed by atoms with Gasteiger partial charge in [-0.25, -0.2) is 4.98 Å². The van der Waals surface area contributed by atoms with Gasteiger partial charge in [0, 0.05) is 80.9 Å². The van der Waals surface area contributed by atoms with Gasteiger partial charge in [0.15, 0.2) is 0 Å². The molecule has 3 N–H and O–H groups in total. The van der Waals surface area contributed by atoms with Gasteiger partial charge in [-0.3, -0.25) is 14.7 Å². The van der Waals surface area contributed by atoms with Crippen molar-refractivity contribution in [1.82, 2.24) is 19.4 Å². The average molecular weight is 456 g/mol. The molecule has 0 saturated carbocycles. The van der Waals surface area contributed by atoms with E-state index >= 15 is 0 Å². The van der Waals surface area contributed by atoms with Crippen LogP contribution in [-0.2, 0) is 13.6 Å². The number of carbonyl (C=O) groups is 1. The minimum atomic E-state index is -0.394. The summed E-state index contributed by atoms with van der Waals surface area (Å²) in [7, 11) is 3.98. The molecule has 1 fully saturated rings. The number of hydrogen-bond acceptors (Lipinski definition) is 6. The van der Waals surface area contributed by atoms with E-state index in [0.29, 0.717) is 5.56 Å². The predicted molar refractivity (Wildman–Crippen MR) is 136 cm³/mol. The van der Waals surface area contributed by atoms with Crippen LogP contribution < -0.4 is 16.0 Å². The van der Waals surface area contributed by atoms with Crippen LogP contribution in [0.1, 0.15) is 16.1 Å². The molecule has 8 heteroatoms. The van der Waals surface area contributed by atoms with Gasteiger partial charge in [0.2, 0.25) is 5.91 Å². The van der Waals surface area contributed by atoms with Gasteiger partial charge in [-0.05, 0) is 48.5 Å². The van der Waals surface area contributed by atoms with Gasteiger partial charge >= 0.3 is 0 Å². The lowest BCUT2D eigenvalue weighted by Gasteiger charge is -2.36. The number of aromatic nitrogens is 3. The molecule has 8 nitrogen and oxygen atoms in total. The molecule has 3 aromatic heterocycles. The molecule has 1 aliphatic rings. The highest BCUT2D eigenvalue weighted by atomic mass is 16.1. The molecular formula is C26H29N7O. The van der Waals surface area contributed by atoms with Crippen molar-refractivity contribution in [1.29, 1.82) is 0 Å². The molecule has 1 amide bonds. The monoisotopic (exact) mass is 455 g/mol. The lowest BCUT2D eigenvalue weighted by molar-refractivity contribution is 0.100. The third-order valence-corrected chi connectivity index (χ3v) is 6.63. The smallest absolute Gasteiger partial charge is 0.248 e. The van der Waals surface area contributed by atoms with E-state index in [1.54, 1.807) is 12.1 Å². The second kappa shape index (κ2) is 9.15. The average Bonchev–Trinajstić information content (AvgIpc) is 3.20. The number of nitrogens with zero attached hydrogens (tertiary/aromatic N) is 5. The number of hydrogen-bond donors (Lipinski definition) is 2. The maximum atomic E-state index is 11.3. The molecule has 0 atom stereocenters. The van der Waals surface area contributed by atoms with Crippen LogP contribution in [0.4, 0.5) is 11.4 Å². The van der Waals surface area contributed by atoms with Crippen molar-refractivity contribution in [3.8, 4) is 11.3 Å². The summed E-state index contributed by atoms with van der Waals surface area (Å²) in [6.45, 7) is 4.67. The molecule has 0 bridgehead atoms. The Hall–Kier alpha value is -3.91. The topological polar surface area (TPSA) is 92.3 Å². The number of fused-ring (bicyclic) bond motifs is 1. The minimum absolute atomic E-state index is 0.394. The van der Waals surface area contributed by atoms with E-state index in [1.165, 1.54) is 5.69 Å². The van der Waals surface area contributed by atoms with Crippen LogP contribution in [0.3, 0.4) is 0 Å². The fourth-order valence-corrected chi connectivity index (χ4v) is 4.58. The summed E-state index contributed by atoms with van der Waals surface area (Å²) < 4.78 is 2.19. The van der Waals surface area contributed by atoms with Crippen molar-refractivity contribution >= 4 is 28.3 Å². The van der Waals surface area contributed by atoms with Crippen molar-refractivity contribution in [2.45, 2.75) is 6.54 Å². The number of piperazine rings is 1. The largest absolute Gasteiger partial charge is 0.387 e. The van der Waals surface area contributed by atoms with Gasteiger partial charge in [-0.15, -0.1) is 0 Å². The fourth-order valence-electron chi connectivity index (χ4n) is 4.58. The molecule has 1 aliphatic heterocycles. The zero-order chi connectivity index (χ0) is 23.7. The molecule has 4 heterocycles. The summed E-state index contributed by atoms with van der Waals surface area (Å²) in [6.07, 6.45) is 3.71. The first-order chi connectivity index (χ1) is 16.5. The highest BCUT2D eigenvalue weighted by molar-refractivity contribution is 5.93. The number of primary amides is 1. The van der Waals surface area contributed by atoms with E-state index < -0.39 is 5.91 Å². The number of nitrogens with two attached hydrogens (primary N) is 1. The van der Waals surface area contributed by atoms with Crippen LogP contribution in [0, 0.1) is 0 Å². The van der Waals surface area contributed by atoms with Gasteiger partial charge in [0.05, 0.1) is 17.6 Å². The number of aryl methyl sites for hydroxylation is 1. The molecule has 5 rings (SSSR count). The van der Waals surface area contributed by atoms with Crippen molar-refractivity contribution in [2.75, 3.05) is 43.4 Å². The molecule has 4 aromatic rings. The lowest BCUT2D eigenvalue weighted by Crippen LogP contribution is -2.46. The van der Waals surface area contributed by atoms with Gasteiger partial charge in [-0.2, -0.15) is 0 Å². The van der Waals surface area contributed by atoms with Gasteiger partial charge < -0.3 is 20.5 Å². The molecule has 174 valence electrons. The first-order valence-electron chi connectivity index (χ1n) is 11.5. The third-order valence-electron chi connectivity index (χ3n) is 6.63. The van der Waals surface area contributed by atoms with Crippen LogP contribution in [0.15, 0.2) is 60.9 Å². The zero-order valence-corrected chi connectivity index (χ0v) is 19.5. The normalized spacial score (nSPS) is 14.5. The quantitative estimate of drug-likeness (QED) is 0.464. The summed E-state index contributed by atoms with van der Waals surface area (Å²) in [4.78, 5) is 25.4. The van der Waals surface area contributed by atoms with Gasteiger partial charge in [0.25, 0.3) is 0 Å². The van der Waals surface area contributed by atoms with Gasteiger partial charge in [0.1, 0.15) is 5.65 Å². The Bertz CT molecular complexity index is 1300. The van der Waals surface area contributed by atoms with Crippen molar-refractivity contribution in [2.24, 2.45) is 12.8 Å². The number of anilines is 2. The molecule has 1 aromatic carbocycles. The second-order valence-corrected chi connectivity index (χ2v) is 8.65. The highest BCUT2D eigenvalue weighted by Gasteiger charge is 2.20. The van der Waals surface area contributed by atoms with E-state index in [4.69, 9.17) is 5.73 Å². The number of carbonyl (C=O) groups excluding carboxylic acids is 1. The Morgan fingerprint density at radius 2 is 1.79 bits per heavy atom. The van der Waals surface area contributed by atoms with E-state index in [-0.39, 0.29) is 0 Å². The predicted octanol–water partition coefficient (Wildman–Crippen LogP) is 3.10. The number of pyridine rings is 2. The van der Waals surface area contributed by atoms with Crippen LogP contribution in [0.25, 0.3) is 22.3 Å². The molecule has 0 spiro atoms. The van der Waals surface area contributed by atoms with Gasteiger partial charge in [-0.1, -0.05) is 0 Å². The standard InChI is InChI=1S/C26H29N7O/c1-28-19-5-8-24(30-16-19)22-9-10-29-26-23(22)15-21(31(26)2)17-32-11-13-33(14-12-32)20-6-3-18(4-7-20)25(27)34/h3-10,15-16,28H,11-14,17H2,1-2H3,(H2,27,34). The Kier molecular flexibility index (Phi) is 5.90. The summed E-state index contributed by atoms with van der Waals surface area (Å²) in [5.74, 6) is -0.394. The summed E-state index contributed by atoms with van der Waals surface area (Å²) in [5.41, 5.74) is 12.3. The van der Waals surface area contributed by atoms with Crippen molar-refractivity contribution in [3.05, 3.63) is 72.2 Å². The fraction of sp³-hybridized carbons (Fsp3) is 0.269. The second-order valence-electron chi connectivity index (χ2n) is 8.65. The number of amides is 1. The Morgan fingerprint density at radius 1 is 1.03 bits per heavy atom. The van der Waals surface area contributed by atoms with E-state index in [0.717, 1.165) is 66.4 Å². The molecular weight excluding hydrogens is 426 g/mol. The molecule has 0 unspecified atom stereocenters. The maximum Gasteiger partial charge on any atom is 0.248 e. The van der Waals surface area contributed by atoms with Crippen molar-refractivity contribution in [3.63, 3.8) is 0 Å². The summed E-state index contributed by atoms with van der Waals surface area (Å²) in [5, 5.41) is 4.24. The maximum absolute atomic E-state index is 11.3. The number of benzene rings is 1. The number of nitrogens with one attached hydrogen (secondary N) is 1. The summed E-state index contributed by atoms with van der Waals surface area (Å²) >= 11 is 0. The van der Waals surface area contributed by atoms with Crippen LogP contribution in [0.5, 0.6) is 0 Å². The Morgan fingerprint density at radius 3 is 2.44 bits per heavy atom. The SMILES string of the molecule is CNc1ccc(-c2ccnc3c2cc(CN2CCN(c4ccc(C(N)=O)cc4)CC2)n3C)nc1. The highest BCUT2D eigenvalue weighted by Crippen LogP contribution is 2.29. The van der Waals surface area contributed by atoms with Crippen molar-refractivity contribution < 1.29 is 4.79 Å². The minimum Gasteiger partial charge on any atom is -0.387 e. The Balaban J connectivity index is 1.31.